The molecule has 4 nitrogen and oxygen atoms in total. The van der Waals surface area contributed by atoms with Gasteiger partial charge in [0.25, 0.3) is 0 Å². The number of allylic oxidation sites excluding steroid dienone is 2. The van der Waals surface area contributed by atoms with Crippen molar-refractivity contribution in [1.82, 2.24) is 0 Å². The largest absolute Gasteiger partial charge is 0.504 e. The van der Waals surface area contributed by atoms with E-state index in [9.17, 15) is 9.90 Å². The zero-order chi connectivity index (χ0) is 17.1. The van der Waals surface area contributed by atoms with Gasteiger partial charge in [-0.1, -0.05) is 38.5 Å². The van der Waals surface area contributed by atoms with Crippen LogP contribution >= 0.6 is 0 Å². The third-order valence-corrected chi connectivity index (χ3v) is 3.42. The van der Waals surface area contributed by atoms with Gasteiger partial charge in [-0.2, -0.15) is 0 Å². The number of carbonyl (C=O) groups excluding carboxylic acids is 1. The van der Waals surface area contributed by atoms with Gasteiger partial charge in [-0.3, -0.25) is 4.79 Å². The van der Waals surface area contributed by atoms with E-state index in [4.69, 9.17) is 9.47 Å². The Morgan fingerprint density at radius 3 is 2.74 bits per heavy atom. The lowest BCUT2D eigenvalue weighted by molar-refractivity contribution is -0.145. The Morgan fingerprint density at radius 2 is 2.04 bits per heavy atom. The molecule has 1 aromatic rings. The van der Waals surface area contributed by atoms with Crippen molar-refractivity contribution in [2.45, 2.75) is 52.6 Å². The minimum Gasteiger partial charge on any atom is -0.504 e. The molecule has 0 atom stereocenters. The summed E-state index contributed by atoms with van der Waals surface area (Å²) in [6, 6.07) is 4.92. The summed E-state index contributed by atoms with van der Waals surface area (Å²) in [5, 5.41) is 9.51. The van der Waals surface area contributed by atoms with Crippen LogP contribution in [0.25, 0.3) is 0 Å². The topological polar surface area (TPSA) is 55.8 Å². The van der Waals surface area contributed by atoms with Crippen molar-refractivity contribution in [3.05, 3.63) is 35.9 Å². The fourth-order valence-electron chi connectivity index (χ4n) is 2.12. The molecule has 0 aliphatic heterocycles. The molecular formula is C19H28O4. The molecule has 0 bridgehead atoms. The second-order valence-electron chi connectivity index (χ2n) is 5.94. The van der Waals surface area contributed by atoms with Crippen molar-refractivity contribution in [1.29, 1.82) is 0 Å². The van der Waals surface area contributed by atoms with Gasteiger partial charge in [-0.05, 0) is 42.9 Å². The normalized spacial score (nSPS) is 11.1. The highest BCUT2D eigenvalue weighted by molar-refractivity contribution is 5.69. The molecule has 0 amide bonds. The molecule has 0 heterocycles. The first-order valence-corrected chi connectivity index (χ1v) is 8.21. The van der Waals surface area contributed by atoms with E-state index in [0.29, 0.717) is 18.1 Å². The molecule has 0 aliphatic rings. The van der Waals surface area contributed by atoms with Crippen molar-refractivity contribution < 1.29 is 19.4 Å². The highest BCUT2D eigenvalue weighted by Crippen LogP contribution is 2.26. The first-order valence-electron chi connectivity index (χ1n) is 8.21. The minimum absolute atomic E-state index is 0.0779. The van der Waals surface area contributed by atoms with Gasteiger partial charge in [0.2, 0.25) is 0 Å². The zero-order valence-corrected chi connectivity index (χ0v) is 14.4. The third kappa shape index (κ3) is 8.29. The smallest absolute Gasteiger partial charge is 0.306 e. The number of ether oxygens (including phenoxy) is 2. The standard InChI is InChI=1S/C19H28O4/c1-15(2)9-7-5-4-6-8-10-19(21)23-14-16-11-12-17(20)18(13-16)22-3/h7,9,11-13,15,20H,4-6,8,10,14H2,1-3H3/b9-7+. The molecule has 0 radical (unpaired) electrons. The van der Waals surface area contributed by atoms with E-state index >= 15 is 0 Å². The summed E-state index contributed by atoms with van der Waals surface area (Å²) in [6.45, 7) is 4.53. The summed E-state index contributed by atoms with van der Waals surface area (Å²) in [5.41, 5.74) is 0.798. The first-order chi connectivity index (χ1) is 11.0. The second kappa shape index (κ2) is 10.7. The SMILES string of the molecule is COc1cc(COC(=O)CCCCC/C=C/C(C)C)ccc1O. The number of carbonyl (C=O) groups is 1. The zero-order valence-electron chi connectivity index (χ0n) is 14.4. The molecule has 128 valence electrons. The summed E-state index contributed by atoms with van der Waals surface area (Å²) < 4.78 is 10.3. The lowest BCUT2D eigenvalue weighted by Crippen LogP contribution is -2.04. The summed E-state index contributed by atoms with van der Waals surface area (Å²) >= 11 is 0. The number of hydrogen-bond acceptors (Lipinski definition) is 4. The molecule has 0 spiro atoms. The number of phenolic OH excluding ortho intramolecular Hbond substituents is 1. The molecule has 0 unspecified atom stereocenters. The van der Waals surface area contributed by atoms with Gasteiger partial charge >= 0.3 is 5.97 Å². The van der Waals surface area contributed by atoms with Crippen LogP contribution in [0.5, 0.6) is 11.5 Å². The van der Waals surface area contributed by atoms with Gasteiger partial charge < -0.3 is 14.6 Å². The maximum Gasteiger partial charge on any atom is 0.306 e. The molecule has 0 saturated heterocycles. The Kier molecular flexibility index (Phi) is 8.88. The van der Waals surface area contributed by atoms with Crippen LogP contribution in [0.15, 0.2) is 30.4 Å². The highest BCUT2D eigenvalue weighted by Gasteiger charge is 2.06. The van der Waals surface area contributed by atoms with Gasteiger partial charge in [-0.15, -0.1) is 0 Å². The molecule has 4 heteroatoms. The van der Waals surface area contributed by atoms with Crippen molar-refractivity contribution in [3.8, 4) is 11.5 Å². The number of rotatable bonds is 10. The molecule has 1 N–H and O–H groups in total. The maximum absolute atomic E-state index is 11.7. The lowest BCUT2D eigenvalue weighted by Gasteiger charge is -2.08. The van der Waals surface area contributed by atoms with Crippen LogP contribution in [-0.2, 0) is 16.1 Å². The maximum atomic E-state index is 11.7. The summed E-state index contributed by atoms with van der Waals surface area (Å²) in [6.07, 6.45) is 8.93. The predicted molar refractivity (Wildman–Crippen MR) is 91.5 cm³/mol. The number of esters is 1. The fraction of sp³-hybridized carbons (Fsp3) is 0.526. The Hall–Kier alpha value is -1.97. The monoisotopic (exact) mass is 320 g/mol. The Labute approximate surface area is 139 Å². The van der Waals surface area contributed by atoms with E-state index in [0.717, 1.165) is 31.2 Å². The second-order valence-corrected chi connectivity index (χ2v) is 5.94. The van der Waals surface area contributed by atoms with E-state index in [1.54, 1.807) is 12.1 Å². The van der Waals surface area contributed by atoms with E-state index in [-0.39, 0.29) is 18.3 Å². The Bertz CT molecular complexity index is 506. The molecule has 0 aliphatic carbocycles. The molecule has 0 saturated carbocycles. The fourth-order valence-corrected chi connectivity index (χ4v) is 2.12. The van der Waals surface area contributed by atoms with Crippen LogP contribution in [0.2, 0.25) is 0 Å². The molecular weight excluding hydrogens is 292 g/mol. The predicted octanol–water partition coefficient (Wildman–Crippen LogP) is 4.61. The summed E-state index contributed by atoms with van der Waals surface area (Å²) in [7, 11) is 1.49. The quantitative estimate of drug-likeness (QED) is 0.389. The number of phenols is 1. The first kappa shape index (κ1) is 19.1. The lowest BCUT2D eigenvalue weighted by atomic mass is 10.1. The van der Waals surface area contributed by atoms with E-state index < -0.39 is 0 Å². The van der Waals surface area contributed by atoms with E-state index in [1.165, 1.54) is 13.2 Å². The van der Waals surface area contributed by atoms with Crippen LogP contribution < -0.4 is 4.74 Å². The molecule has 0 fully saturated rings. The van der Waals surface area contributed by atoms with Crippen LogP contribution in [-0.4, -0.2) is 18.2 Å². The molecule has 23 heavy (non-hydrogen) atoms. The summed E-state index contributed by atoms with van der Waals surface area (Å²) in [4.78, 5) is 11.7. The van der Waals surface area contributed by atoms with Crippen molar-refractivity contribution >= 4 is 5.97 Å². The van der Waals surface area contributed by atoms with Gasteiger partial charge in [-0.25, -0.2) is 0 Å². The molecule has 1 aromatic carbocycles. The number of methoxy groups -OCH3 is 1. The number of unbranched alkanes of at least 4 members (excludes halogenated alkanes) is 3. The summed E-state index contributed by atoms with van der Waals surface area (Å²) in [5.74, 6) is 0.875. The van der Waals surface area contributed by atoms with Crippen LogP contribution in [0.1, 0.15) is 51.5 Å². The van der Waals surface area contributed by atoms with Gasteiger partial charge in [0, 0.05) is 6.42 Å². The van der Waals surface area contributed by atoms with Gasteiger partial charge in [0.15, 0.2) is 11.5 Å². The van der Waals surface area contributed by atoms with E-state index in [2.05, 4.69) is 26.0 Å². The average molecular weight is 320 g/mol. The number of aromatic hydroxyl groups is 1. The number of hydrogen-bond donors (Lipinski definition) is 1. The van der Waals surface area contributed by atoms with Crippen LogP contribution in [0.4, 0.5) is 0 Å². The minimum atomic E-state index is -0.185. The third-order valence-electron chi connectivity index (χ3n) is 3.42. The Balaban J connectivity index is 2.17. The molecule has 0 aromatic heterocycles. The number of benzene rings is 1. The molecule has 1 rings (SSSR count). The Morgan fingerprint density at radius 1 is 1.26 bits per heavy atom. The van der Waals surface area contributed by atoms with Crippen LogP contribution in [0, 0.1) is 5.92 Å². The average Bonchev–Trinajstić information content (AvgIpc) is 2.52. The van der Waals surface area contributed by atoms with Crippen molar-refractivity contribution in [2.24, 2.45) is 5.92 Å². The van der Waals surface area contributed by atoms with Crippen molar-refractivity contribution in [3.63, 3.8) is 0 Å². The van der Waals surface area contributed by atoms with Crippen LogP contribution in [0.3, 0.4) is 0 Å². The highest BCUT2D eigenvalue weighted by atomic mass is 16.5. The van der Waals surface area contributed by atoms with E-state index in [1.807, 2.05) is 0 Å². The van der Waals surface area contributed by atoms with Gasteiger partial charge in [0.1, 0.15) is 6.61 Å². The van der Waals surface area contributed by atoms with Gasteiger partial charge in [0.05, 0.1) is 7.11 Å². The van der Waals surface area contributed by atoms with Crippen molar-refractivity contribution in [2.75, 3.05) is 7.11 Å².